The second-order valence-electron chi connectivity index (χ2n) is 6.88. The molecule has 1 heterocycles. The van der Waals surface area contributed by atoms with Crippen LogP contribution in [-0.2, 0) is 14.8 Å². The van der Waals surface area contributed by atoms with Crippen LogP contribution in [0.15, 0.2) is 63.9 Å². The van der Waals surface area contributed by atoms with Gasteiger partial charge in [0, 0.05) is 24.1 Å². The van der Waals surface area contributed by atoms with Crippen molar-refractivity contribution in [1.29, 1.82) is 0 Å². The largest absolute Gasteiger partial charge is 0.459 e. The molecule has 3 aromatic rings. The topological polar surface area (TPSA) is 97.6 Å². The molecule has 0 bridgehead atoms. The molecule has 0 spiro atoms. The van der Waals surface area contributed by atoms with Crippen molar-refractivity contribution >= 4 is 26.9 Å². The Hall–Kier alpha value is -2.68. The summed E-state index contributed by atoms with van der Waals surface area (Å²) in [6.07, 6.45) is 0. The van der Waals surface area contributed by atoms with Crippen LogP contribution in [0.3, 0.4) is 0 Å². The molecule has 0 aliphatic carbocycles. The Bertz CT molecular complexity index is 1060. The van der Waals surface area contributed by atoms with Crippen molar-refractivity contribution in [2.24, 2.45) is 0 Å². The summed E-state index contributed by atoms with van der Waals surface area (Å²) >= 11 is 0. The van der Waals surface area contributed by atoms with Gasteiger partial charge in [0.05, 0.1) is 17.5 Å². The molecule has 29 heavy (non-hydrogen) atoms. The number of carbonyl (C=O) groups is 1. The van der Waals surface area contributed by atoms with E-state index >= 15 is 0 Å². The molecule has 0 aliphatic rings. The third kappa shape index (κ3) is 5.03. The third-order valence-corrected chi connectivity index (χ3v) is 6.02. The number of carbonyl (C=O) groups excluding carboxylic acids is 1. The second kappa shape index (κ2) is 8.77. The van der Waals surface area contributed by atoms with E-state index in [1.54, 1.807) is 6.92 Å². The molecule has 0 radical (unpaired) electrons. The lowest BCUT2D eigenvalue weighted by Gasteiger charge is -2.14. The molecule has 0 saturated carbocycles. The fourth-order valence-electron chi connectivity index (χ4n) is 2.97. The molecule has 0 fully saturated rings. The molecular weight excluding hydrogens is 392 g/mol. The number of furan rings is 1. The number of sulfonamides is 1. The first-order chi connectivity index (χ1) is 13.8. The lowest BCUT2D eigenvalue weighted by atomic mass is 10.1. The fourth-order valence-corrected chi connectivity index (χ4v) is 4.20. The first kappa shape index (κ1) is 21.0. The van der Waals surface area contributed by atoms with E-state index in [1.165, 1.54) is 31.4 Å². The van der Waals surface area contributed by atoms with E-state index in [1.807, 2.05) is 37.3 Å². The number of benzene rings is 2. The van der Waals surface area contributed by atoms with E-state index in [4.69, 9.17) is 9.15 Å². The molecular formula is C21H24N2O5S. The van der Waals surface area contributed by atoms with Crippen LogP contribution in [-0.4, -0.2) is 34.1 Å². The van der Waals surface area contributed by atoms with E-state index in [0.29, 0.717) is 11.3 Å². The van der Waals surface area contributed by atoms with E-state index in [2.05, 4.69) is 10.0 Å². The van der Waals surface area contributed by atoms with Crippen molar-refractivity contribution < 1.29 is 22.4 Å². The Morgan fingerprint density at radius 1 is 1.10 bits per heavy atom. The van der Waals surface area contributed by atoms with E-state index in [-0.39, 0.29) is 29.5 Å². The van der Waals surface area contributed by atoms with Crippen LogP contribution < -0.4 is 10.0 Å². The Labute approximate surface area is 170 Å². The van der Waals surface area contributed by atoms with E-state index in [9.17, 15) is 13.2 Å². The van der Waals surface area contributed by atoms with Gasteiger partial charge in [-0.1, -0.05) is 18.2 Å². The van der Waals surface area contributed by atoms with E-state index < -0.39 is 10.0 Å². The highest BCUT2D eigenvalue weighted by atomic mass is 32.2. The number of fused-ring (bicyclic) bond motifs is 1. The standard InChI is InChI=1S/C21H24N2O5S/c1-14(13-27-3)23-29(25,26)18-10-8-16(9-11-18)21(24)22-15(2)20-12-17-6-4-5-7-19(17)28-20/h4-12,14-15,23H,13H2,1-3H3,(H,22,24)/t14-,15+/m1/s1. The molecule has 8 heteroatoms. The highest BCUT2D eigenvalue weighted by molar-refractivity contribution is 7.89. The minimum absolute atomic E-state index is 0.0855. The minimum Gasteiger partial charge on any atom is -0.459 e. The Balaban J connectivity index is 1.68. The third-order valence-electron chi connectivity index (χ3n) is 4.42. The molecule has 2 atom stereocenters. The molecule has 154 valence electrons. The maximum Gasteiger partial charge on any atom is 0.251 e. The maximum absolute atomic E-state index is 12.5. The summed E-state index contributed by atoms with van der Waals surface area (Å²) in [6.45, 7) is 3.80. The number of hydrogen-bond donors (Lipinski definition) is 2. The zero-order valence-electron chi connectivity index (χ0n) is 16.5. The number of methoxy groups -OCH3 is 1. The van der Waals surface area contributed by atoms with Crippen LogP contribution in [0.4, 0.5) is 0 Å². The van der Waals surface area contributed by atoms with Gasteiger partial charge < -0.3 is 14.5 Å². The van der Waals surface area contributed by atoms with Gasteiger partial charge in [-0.05, 0) is 50.2 Å². The summed E-state index contributed by atoms with van der Waals surface area (Å²) in [4.78, 5) is 12.6. The number of rotatable bonds is 8. The van der Waals surface area contributed by atoms with Gasteiger partial charge in [-0.15, -0.1) is 0 Å². The SMILES string of the molecule is COC[C@@H](C)NS(=O)(=O)c1ccc(C(=O)N[C@@H](C)c2cc3ccccc3o2)cc1. The van der Waals surface area contributed by atoms with Crippen LogP contribution in [0.2, 0.25) is 0 Å². The zero-order valence-corrected chi connectivity index (χ0v) is 17.3. The highest BCUT2D eigenvalue weighted by Gasteiger charge is 2.19. The van der Waals surface area contributed by atoms with Crippen LogP contribution >= 0.6 is 0 Å². The van der Waals surface area contributed by atoms with Crippen molar-refractivity contribution in [2.45, 2.75) is 30.8 Å². The quantitative estimate of drug-likeness (QED) is 0.588. The number of nitrogens with one attached hydrogen (secondary N) is 2. The summed E-state index contributed by atoms with van der Waals surface area (Å²) in [5.74, 6) is 0.331. The van der Waals surface area contributed by atoms with Crippen molar-refractivity contribution in [1.82, 2.24) is 10.0 Å². The molecule has 3 rings (SSSR count). The maximum atomic E-state index is 12.5. The summed E-state index contributed by atoms with van der Waals surface area (Å²) < 4.78 is 38.0. The average molecular weight is 416 g/mol. The molecule has 0 unspecified atom stereocenters. The van der Waals surface area contributed by atoms with Gasteiger partial charge in [-0.2, -0.15) is 0 Å². The Morgan fingerprint density at radius 3 is 2.45 bits per heavy atom. The minimum atomic E-state index is -3.68. The smallest absolute Gasteiger partial charge is 0.251 e. The van der Waals surface area contributed by atoms with Crippen LogP contribution in [0.5, 0.6) is 0 Å². The van der Waals surface area contributed by atoms with Crippen molar-refractivity contribution in [2.75, 3.05) is 13.7 Å². The molecule has 1 aromatic heterocycles. The van der Waals surface area contributed by atoms with Crippen molar-refractivity contribution in [3.8, 4) is 0 Å². The van der Waals surface area contributed by atoms with E-state index in [0.717, 1.165) is 11.0 Å². The monoisotopic (exact) mass is 416 g/mol. The summed E-state index contributed by atoms with van der Waals surface area (Å²) in [5.41, 5.74) is 1.12. The van der Waals surface area contributed by atoms with Gasteiger partial charge >= 0.3 is 0 Å². The van der Waals surface area contributed by atoms with Gasteiger partial charge in [0.1, 0.15) is 11.3 Å². The normalized spacial score (nSPS) is 13.9. The second-order valence-corrected chi connectivity index (χ2v) is 8.60. The predicted molar refractivity (Wildman–Crippen MR) is 110 cm³/mol. The zero-order chi connectivity index (χ0) is 21.0. The molecule has 1 amide bonds. The van der Waals surface area contributed by atoms with Gasteiger partial charge in [-0.3, -0.25) is 4.79 Å². The van der Waals surface area contributed by atoms with Crippen molar-refractivity contribution in [3.05, 3.63) is 65.9 Å². The number of hydrogen-bond acceptors (Lipinski definition) is 5. The number of ether oxygens (including phenoxy) is 1. The lowest BCUT2D eigenvalue weighted by molar-refractivity contribution is 0.0935. The van der Waals surface area contributed by atoms with Crippen molar-refractivity contribution in [3.63, 3.8) is 0 Å². The van der Waals surface area contributed by atoms with Gasteiger partial charge in [0.25, 0.3) is 5.91 Å². The van der Waals surface area contributed by atoms with Gasteiger partial charge in [0.2, 0.25) is 10.0 Å². The fraction of sp³-hybridized carbons (Fsp3) is 0.286. The molecule has 2 aromatic carbocycles. The number of para-hydroxylation sites is 1. The van der Waals surface area contributed by atoms with Crippen LogP contribution in [0.25, 0.3) is 11.0 Å². The first-order valence-electron chi connectivity index (χ1n) is 9.21. The summed E-state index contributed by atoms with van der Waals surface area (Å²) in [7, 11) is -2.18. The number of amides is 1. The molecule has 2 N–H and O–H groups in total. The van der Waals surface area contributed by atoms with Gasteiger partial charge in [-0.25, -0.2) is 13.1 Å². The first-order valence-corrected chi connectivity index (χ1v) is 10.7. The molecule has 7 nitrogen and oxygen atoms in total. The molecule has 0 saturated heterocycles. The Kier molecular flexibility index (Phi) is 6.36. The summed E-state index contributed by atoms with van der Waals surface area (Å²) in [6, 6.07) is 14.6. The lowest BCUT2D eigenvalue weighted by Crippen LogP contribution is -2.35. The van der Waals surface area contributed by atoms with Crippen LogP contribution in [0.1, 0.15) is 36.0 Å². The van der Waals surface area contributed by atoms with Gasteiger partial charge in [0.15, 0.2) is 0 Å². The summed E-state index contributed by atoms with van der Waals surface area (Å²) in [5, 5.41) is 3.83. The highest BCUT2D eigenvalue weighted by Crippen LogP contribution is 2.24. The average Bonchev–Trinajstić information content (AvgIpc) is 3.12. The van der Waals surface area contributed by atoms with Crippen LogP contribution in [0, 0.1) is 0 Å². The molecule has 0 aliphatic heterocycles. The Morgan fingerprint density at radius 2 is 1.79 bits per heavy atom. The predicted octanol–water partition coefficient (Wildman–Crippen LogP) is 3.24.